The number of rotatable bonds is 4. The second-order valence-electron chi connectivity index (χ2n) is 8.55. The van der Waals surface area contributed by atoms with Gasteiger partial charge in [-0.05, 0) is 54.7 Å². The van der Waals surface area contributed by atoms with E-state index < -0.39 is 0 Å². The first-order valence-electron chi connectivity index (χ1n) is 10.7. The fourth-order valence-corrected chi connectivity index (χ4v) is 5.24. The van der Waals surface area contributed by atoms with E-state index in [-0.39, 0.29) is 23.9 Å². The minimum absolute atomic E-state index is 0.0993. The van der Waals surface area contributed by atoms with E-state index >= 15 is 0 Å². The topological polar surface area (TPSA) is 44.7 Å². The molecule has 2 unspecified atom stereocenters. The normalized spacial score (nSPS) is 26.0. The Morgan fingerprint density at radius 1 is 1.00 bits per heavy atom. The molecule has 0 radical (unpaired) electrons. The highest BCUT2D eigenvalue weighted by Gasteiger charge is 2.40. The number of carbonyl (C=O) groups excluding carboxylic acids is 1. The zero-order chi connectivity index (χ0) is 22.1. The summed E-state index contributed by atoms with van der Waals surface area (Å²) in [6.07, 6.45) is 4.54. The van der Waals surface area contributed by atoms with Gasteiger partial charge >= 0.3 is 0 Å². The fraction of sp³-hybridized carbons (Fsp3) is 0.417. The van der Waals surface area contributed by atoms with Crippen molar-refractivity contribution in [1.82, 2.24) is 5.32 Å². The lowest BCUT2D eigenvalue weighted by atomic mass is 9.85. The molecule has 4 rings (SSSR count). The van der Waals surface area contributed by atoms with Gasteiger partial charge in [0.2, 0.25) is 0 Å². The van der Waals surface area contributed by atoms with E-state index in [1.807, 2.05) is 42.3 Å². The molecular formula is C24H26Cl3N3O. The van der Waals surface area contributed by atoms with Gasteiger partial charge in [-0.25, -0.2) is 0 Å². The van der Waals surface area contributed by atoms with Crippen molar-refractivity contribution in [3.8, 4) is 0 Å². The highest BCUT2D eigenvalue weighted by atomic mass is 35.5. The van der Waals surface area contributed by atoms with Gasteiger partial charge in [0.05, 0.1) is 16.8 Å². The molecule has 0 bridgehead atoms. The summed E-state index contributed by atoms with van der Waals surface area (Å²) >= 11 is 18.7. The van der Waals surface area contributed by atoms with Crippen LogP contribution < -0.4 is 10.3 Å². The van der Waals surface area contributed by atoms with Crippen molar-refractivity contribution in [2.24, 2.45) is 16.9 Å². The molecule has 1 fully saturated rings. The number of amides is 1. The first kappa shape index (κ1) is 22.4. The van der Waals surface area contributed by atoms with E-state index in [2.05, 4.69) is 12.2 Å². The number of anilines is 1. The van der Waals surface area contributed by atoms with Crippen LogP contribution in [-0.2, 0) is 4.79 Å². The third kappa shape index (κ3) is 4.72. The number of carbonyl (C=O) groups is 1. The molecule has 1 heterocycles. The zero-order valence-electron chi connectivity index (χ0n) is 17.6. The molecule has 2 aromatic rings. The summed E-state index contributed by atoms with van der Waals surface area (Å²) < 4.78 is 0. The molecule has 4 atom stereocenters. The number of nitrogens with one attached hydrogen (secondary N) is 1. The largest absolute Gasteiger partial charge is 0.348 e. The Labute approximate surface area is 198 Å². The summed E-state index contributed by atoms with van der Waals surface area (Å²) in [6, 6.07) is 13.0. The second kappa shape index (κ2) is 9.40. The Kier molecular flexibility index (Phi) is 6.80. The molecule has 1 aliphatic carbocycles. The third-order valence-corrected chi connectivity index (χ3v) is 7.20. The first-order valence-corrected chi connectivity index (χ1v) is 11.9. The Morgan fingerprint density at radius 3 is 2.35 bits per heavy atom. The van der Waals surface area contributed by atoms with Crippen LogP contribution in [0.2, 0.25) is 15.1 Å². The predicted molar refractivity (Wildman–Crippen MR) is 129 cm³/mol. The molecule has 164 valence electrons. The number of hydrogen-bond acceptors (Lipinski definition) is 3. The van der Waals surface area contributed by atoms with Gasteiger partial charge in [-0.15, -0.1) is 0 Å². The molecule has 1 amide bonds. The molecule has 2 aromatic carbocycles. The number of nitrogens with zero attached hydrogens (tertiary/aromatic N) is 2. The molecular weight excluding hydrogens is 453 g/mol. The lowest BCUT2D eigenvalue weighted by Crippen LogP contribution is -2.45. The quantitative estimate of drug-likeness (QED) is 0.519. The van der Waals surface area contributed by atoms with E-state index in [1.165, 1.54) is 6.42 Å². The van der Waals surface area contributed by atoms with E-state index in [0.717, 1.165) is 24.8 Å². The molecule has 0 aromatic heterocycles. The van der Waals surface area contributed by atoms with Crippen LogP contribution in [0.5, 0.6) is 0 Å². The van der Waals surface area contributed by atoms with Crippen LogP contribution in [0.25, 0.3) is 0 Å². The van der Waals surface area contributed by atoms with Gasteiger partial charge < -0.3 is 5.32 Å². The maximum absolute atomic E-state index is 13.3. The van der Waals surface area contributed by atoms with Gasteiger partial charge in [0.15, 0.2) is 0 Å². The van der Waals surface area contributed by atoms with Crippen LogP contribution >= 0.6 is 34.8 Å². The second-order valence-corrected chi connectivity index (χ2v) is 9.83. The zero-order valence-corrected chi connectivity index (χ0v) is 19.9. The van der Waals surface area contributed by atoms with Crippen molar-refractivity contribution in [3.05, 3.63) is 63.1 Å². The van der Waals surface area contributed by atoms with Crippen molar-refractivity contribution in [2.75, 3.05) is 5.01 Å². The molecule has 0 spiro atoms. The molecule has 1 N–H and O–H groups in total. The standard InChI is InChI=1S/C24H26Cl3N3O/c1-14-5-3-4-6-20(14)28-24(31)22-15(2)23(16-7-9-17(25)10-8-16)30(29-22)21-12-11-18(26)13-19(21)27/h7-15,20,23H,3-6H2,1-2H3,(H,28,31)/t14?,15-,20?,23+/m1/s1. The SMILES string of the molecule is CC1CCCCC1NC(=O)C1=NN(c2ccc(Cl)cc2Cl)[C@H](c2ccc(Cl)cc2)[C@@H]1C. The van der Waals surface area contributed by atoms with E-state index in [4.69, 9.17) is 39.9 Å². The third-order valence-electron chi connectivity index (χ3n) is 6.41. The van der Waals surface area contributed by atoms with Crippen molar-refractivity contribution >= 4 is 52.1 Å². The van der Waals surface area contributed by atoms with E-state index in [0.29, 0.717) is 32.4 Å². The monoisotopic (exact) mass is 477 g/mol. The fourth-order valence-electron chi connectivity index (χ4n) is 4.62. The predicted octanol–water partition coefficient (Wildman–Crippen LogP) is 6.90. The molecule has 1 saturated carbocycles. The highest BCUT2D eigenvalue weighted by Crippen LogP contribution is 2.42. The smallest absolute Gasteiger partial charge is 0.268 e. The van der Waals surface area contributed by atoms with Crippen molar-refractivity contribution in [1.29, 1.82) is 0 Å². The van der Waals surface area contributed by atoms with Crippen LogP contribution in [-0.4, -0.2) is 17.7 Å². The minimum Gasteiger partial charge on any atom is -0.348 e. The average molecular weight is 479 g/mol. The van der Waals surface area contributed by atoms with Gasteiger partial charge in [-0.1, -0.05) is 73.6 Å². The van der Waals surface area contributed by atoms with Crippen LogP contribution in [0.15, 0.2) is 47.6 Å². The summed E-state index contributed by atoms with van der Waals surface area (Å²) in [5, 5.41) is 11.6. The maximum atomic E-state index is 13.3. The minimum atomic E-state index is -0.180. The Balaban J connectivity index is 1.68. The first-order chi connectivity index (χ1) is 14.8. The molecule has 4 nitrogen and oxygen atoms in total. The summed E-state index contributed by atoms with van der Waals surface area (Å²) in [5.41, 5.74) is 2.25. The lowest BCUT2D eigenvalue weighted by molar-refractivity contribution is -0.116. The van der Waals surface area contributed by atoms with Crippen molar-refractivity contribution in [2.45, 2.75) is 51.6 Å². The molecule has 7 heteroatoms. The van der Waals surface area contributed by atoms with E-state index in [9.17, 15) is 4.79 Å². The van der Waals surface area contributed by atoms with Crippen molar-refractivity contribution < 1.29 is 4.79 Å². The van der Waals surface area contributed by atoms with Crippen LogP contribution in [0.3, 0.4) is 0 Å². The van der Waals surface area contributed by atoms with Crippen LogP contribution in [0.4, 0.5) is 5.69 Å². The summed E-state index contributed by atoms with van der Waals surface area (Å²) in [4.78, 5) is 13.3. The van der Waals surface area contributed by atoms with Gasteiger partial charge in [-0.2, -0.15) is 5.10 Å². The molecule has 0 saturated heterocycles. The number of halogens is 3. The highest BCUT2D eigenvalue weighted by molar-refractivity contribution is 6.41. The molecule has 31 heavy (non-hydrogen) atoms. The summed E-state index contributed by atoms with van der Waals surface area (Å²) in [6.45, 7) is 4.24. The van der Waals surface area contributed by atoms with Crippen molar-refractivity contribution in [3.63, 3.8) is 0 Å². The van der Waals surface area contributed by atoms with Crippen LogP contribution in [0, 0.1) is 11.8 Å². The van der Waals surface area contributed by atoms with E-state index in [1.54, 1.807) is 12.1 Å². The van der Waals surface area contributed by atoms with Crippen LogP contribution in [0.1, 0.15) is 51.1 Å². The molecule has 2 aliphatic rings. The van der Waals surface area contributed by atoms with Gasteiger partial charge in [0, 0.05) is 22.0 Å². The Bertz CT molecular complexity index is 992. The number of hydrogen-bond donors (Lipinski definition) is 1. The Morgan fingerprint density at radius 2 is 1.68 bits per heavy atom. The van der Waals surface area contributed by atoms with Gasteiger partial charge in [0.25, 0.3) is 5.91 Å². The number of hydrazone groups is 1. The summed E-state index contributed by atoms with van der Waals surface area (Å²) in [5.74, 6) is 0.244. The Hall–Kier alpha value is -1.75. The lowest BCUT2D eigenvalue weighted by Gasteiger charge is -2.30. The van der Waals surface area contributed by atoms with Gasteiger partial charge in [-0.3, -0.25) is 9.80 Å². The maximum Gasteiger partial charge on any atom is 0.268 e. The molecule has 1 aliphatic heterocycles. The van der Waals surface area contributed by atoms with Gasteiger partial charge in [0.1, 0.15) is 5.71 Å². The summed E-state index contributed by atoms with van der Waals surface area (Å²) in [7, 11) is 0. The average Bonchev–Trinajstić information content (AvgIpc) is 3.07. The number of benzene rings is 2.